The van der Waals surface area contributed by atoms with Gasteiger partial charge in [0.05, 0.1) is 10.6 Å². The lowest BCUT2D eigenvalue weighted by molar-refractivity contribution is 0.0649. The van der Waals surface area contributed by atoms with Gasteiger partial charge in [-0.15, -0.1) is 11.3 Å². The number of nitrogens with two attached hydrogens (primary N) is 1. The van der Waals surface area contributed by atoms with E-state index in [0.29, 0.717) is 32.7 Å². The summed E-state index contributed by atoms with van der Waals surface area (Å²) in [5.41, 5.74) is 0.0512. The average molecular weight is 360 g/mol. The van der Waals surface area contributed by atoms with E-state index in [0.717, 1.165) is 4.88 Å². The van der Waals surface area contributed by atoms with E-state index in [9.17, 15) is 13.2 Å². The monoisotopic (exact) mass is 359 g/mol. The van der Waals surface area contributed by atoms with Crippen LogP contribution in [0.3, 0.4) is 0 Å². The van der Waals surface area contributed by atoms with Crippen LogP contribution in [0.4, 0.5) is 0 Å². The minimum Gasteiger partial charge on any atom is -0.335 e. The van der Waals surface area contributed by atoms with Gasteiger partial charge in [-0.25, -0.2) is 13.6 Å². The number of carbonyl (C=O) groups excluding carboxylic acids is 1. The van der Waals surface area contributed by atoms with Crippen LogP contribution >= 0.6 is 11.3 Å². The van der Waals surface area contributed by atoms with Crippen molar-refractivity contribution < 1.29 is 13.2 Å². The smallest absolute Gasteiger partial charge is 0.264 e. The fourth-order valence-corrected chi connectivity index (χ4v) is 3.99. The molecule has 1 aliphatic heterocycles. The van der Waals surface area contributed by atoms with Gasteiger partial charge in [-0.05, 0) is 17.5 Å². The maximum Gasteiger partial charge on any atom is 0.264 e. The highest BCUT2D eigenvalue weighted by Crippen LogP contribution is 2.30. The lowest BCUT2D eigenvalue weighted by Gasteiger charge is -2.34. The Labute approximate surface area is 142 Å². The Morgan fingerprint density at radius 3 is 2.30 bits per heavy atom. The first-order valence-corrected chi connectivity index (χ1v) is 10.2. The number of piperazine rings is 1. The van der Waals surface area contributed by atoms with Gasteiger partial charge in [0.1, 0.15) is 0 Å². The second kappa shape index (κ2) is 6.88. The largest absolute Gasteiger partial charge is 0.335 e. The number of sulfonamides is 1. The maximum absolute atomic E-state index is 12.6. The number of amides is 1. The highest BCUT2D eigenvalue weighted by Gasteiger charge is 2.25. The number of carbonyl (C=O) groups is 1. The van der Waals surface area contributed by atoms with Gasteiger partial charge in [-0.2, -0.15) is 0 Å². The summed E-state index contributed by atoms with van der Waals surface area (Å²) in [5.74, 6) is 0.0254. The first-order chi connectivity index (χ1) is 10.6. The Bertz CT molecular complexity index is 654. The van der Waals surface area contributed by atoms with Gasteiger partial charge in [0.25, 0.3) is 5.91 Å². The van der Waals surface area contributed by atoms with Gasteiger partial charge >= 0.3 is 0 Å². The summed E-state index contributed by atoms with van der Waals surface area (Å²) in [4.78, 5) is 18.4. The number of primary sulfonamides is 1. The predicted molar refractivity (Wildman–Crippen MR) is 93.3 cm³/mol. The Hall–Kier alpha value is -0.960. The molecule has 2 rings (SSSR count). The van der Waals surface area contributed by atoms with E-state index < -0.39 is 10.0 Å². The molecule has 1 saturated heterocycles. The normalized spacial score (nSPS) is 17.5. The fraction of sp³-hybridized carbons (Fsp3) is 0.667. The number of nitrogens with zero attached hydrogens (tertiary/aromatic N) is 2. The molecule has 23 heavy (non-hydrogen) atoms. The second-order valence-corrected chi connectivity index (χ2v) is 9.73. The molecule has 1 aliphatic rings. The van der Waals surface area contributed by atoms with Crippen molar-refractivity contribution in [1.29, 1.82) is 0 Å². The van der Waals surface area contributed by atoms with Crippen molar-refractivity contribution in [2.24, 2.45) is 5.14 Å². The Balaban J connectivity index is 1.90. The van der Waals surface area contributed by atoms with Crippen LogP contribution in [-0.4, -0.2) is 62.6 Å². The Kier molecular flexibility index (Phi) is 5.50. The van der Waals surface area contributed by atoms with E-state index in [1.165, 1.54) is 4.88 Å². The molecule has 2 heterocycles. The van der Waals surface area contributed by atoms with Crippen molar-refractivity contribution >= 4 is 27.3 Å². The summed E-state index contributed by atoms with van der Waals surface area (Å²) in [7, 11) is -3.43. The third-order valence-corrected chi connectivity index (χ3v) is 6.16. The molecule has 0 radical (unpaired) electrons. The van der Waals surface area contributed by atoms with Crippen LogP contribution in [0.2, 0.25) is 0 Å². The minimum absolute atomic E-state index is 0.0409. The molecule has 1 fully saturated rings. The predicted octanol–water partition coefficient (Wildman–Crippen LogP) is 1.09. The first kappa shape index (κ1) is 18.4. The van der Waals surface area contributed by atoms with Crippen molar-refractivity contribution in [2.75, 3.05) is 38.5 Å². The molecule has 130 valence electrons. The van der Waals surface area contributed by atoms with E-state index in [2.05, 4.69) is 20.8 Å². The van der Waals surface area contributed by atoms with Crippen molar-refractivity contribution in [2.45, 2.75) is 26.2 Å². The summed E-state index contributed by atoms with van der Waals surface area (Å²) >= 11 is 1.56. The zero-order chi connectivity index (χ0) is 17.3. The van der Waals surface area contributed by atoms with Crippen molar-refractivity contribution in [1.82, 2.24) is 9.80 Å². The number of hydrogen-bond donors (Lipinski definition) is 1. The van der Waals surface area contributed by atoms with E-state index in [4.69, 9.17) is 5.14 Å². The van der Waals surface area contributed by atoms with Crippen molar-refractivity contribution in [3.8, 4) is 0 Å². The van der Waals surface area contributed by atoms with E-state index in [1.54, 1.807) is 11.3 Å². The zero-order valence-electron chi connectivity index (χ0n) is 13.9. The van der Waals surface area contributed by atoms with E-state index in [-0.39, 0.29) is 17.1 Å². The summed E-state index contributed by atoms with van der Waals surface area (Å²) in [6, 6.07) is 3.93. The van der Waals surface area contributed by atoms with Crippen molar-refractivity contribution in [3.05, 3.63) is 21.9 Å². The van der Waals surface area contributed by atoms with Crippen LogP contribution in [-0.2, 0) is 15.4 Å². The molecule has 1 amide bonds. The van der Waals surface area contributed by atoms with Crippen LogP contribution < -0.4 is 5.14 Å². The summed E-state index contributed by atoms with van der Waals surface area (Å²) in [6.07, 6.45) is 0. The molecule has 8 heteroatoms. The third-order valence-electron chi connectivity index (χ3n) is 3.91. The molecule has 2 N–H and O–H groups in total. The van der Waals surface area contributed by atoms with Gasteiger partial charge in [0.15, 0.2) is 0 Å². The number of hydrogen-bond acceptors (Lipinski definition) is 5. The molecule has 0 atom stereocenters. The summed E-state index contributed by atoms with van der Waals surface area (Å²) in [6.45, 7) is 9.43. The Morgan fingerprint density at radius 1 is 1.22 bits per heavy atom. The standard InChI is InChI=1S/C15H25N3O3S2/c1-15(2,3)13-5-4-12(22-13)14(19)18-8-6-17(7-9-18)10-11-23(16,20)21/h4-5H,6-11H2,1-3H3,(H2,16,20,21). The van der Waals surface area contributed by atoms with Crippen molar-refractivity contribution in [3.63, 3.8) is 0 Å². The summed E-state index contributed by atoms with van der Waals surface area (Å²) < 4.78 is 22.0. The number of rotatable bonds is 4. The average Bonchev–Trinajstić information content (AvgIpc) is 2.94. The van der Waals surface area contributed by atoms with Gasteiger partial charge in [0, 0.05) is 37.6 Å². The maximum atomic E-state index is 12.6. The van der Waals surface area contributed by atoms with Gasteiger partial charge in [-0.3, -0.25) is 9.69 Å². The molecule has 0 bridgehead atoms. The molecule has 0 aromatic carbocycles. The van der Waals surface area contributed by atoms with E-state index >= 15 is 0 Å². The van der Waals surface area contributed by atoms with Gasteiger partial charge in [0.2, 0.25) is 10.0 Å². The minimum atomic E-state index is -3.43. The SMILES string of the molecule is CC(C)(C)c1ccc(C(=O)N2CCN(CCS(N)(=O)=O)CC2)s1. The number of thiophene rings is 1. The van der Waals surface area contributed by atoms with Gasteiger partial charge in [-0.1, -0.05) is 20.8 Å². The highest BCUT2D eigenvalue weighted by atomic mass is 32.2. The molecule has 0 aliphatic carbocycles. The summed E-state index contributed by atoms with van der Waals surface area (Å²) in [5, 5.41) is 5.02. The topological polar surface area (TPSA) is 83.7 Å². The third kappa shape index (κ3) is 5.27. The molecule has 1 aromatic rings. The fourth-order valence-electron chi connectivity index (χ4n) is 2.44. The second-order valence-electron chi connectivity index (χ2n) is 6.91. The zero-order valence-corrected chi connectivity index (χ0v) is 15.5. The molecule has 0 spiro atoms. The molecular formula is C15H25N3O3S2. The lowest BCUT2D eigenvalue weighted by atomic mass is 9.95. The van der Waals surface area contributed by atoms with Crippen LogP contribution in [0.15, 0.2) is 12.1 Å². The lowest BCUT2D eigenvalue weighted by Crippen LogP contribution is -2.49. The molecule has 1 aromatic heterocycles. The van der Waals surface area contributed by atoms with Crippen LogP contribution in [0.5, 0.6) is 0 Å². The van der Waals surface area contributed by atoms with Crippen LogP contribution in [0.25, 0.3) is 0 Å². The van der Waals surface area contributed by atoms with Crippen LogP contribution in [0, 0.1) is 0 Å². The quantitative estimate of drug-likeness (QED) is 0.872. The van der Waals surface area contributed by atoms with E-state index in [1.807, 2.05) is 21.9 Å². The Morgan fingerprint density at radius 2 is 1.83 bits per heavy atom. The first-order valence-electron chi connectivity index (χ1n) is 7.69. The van der Waals surface area contributed by atoms with Gasteiger partial charge < -0.3 is 4.90 Å². The molecule has 6 nitrogen and oxygen atoms in total. The van der Waals surface area contributed by atoms with Crippen LogP contribution in [0.1, 0.15) is 35.3 Å². The molecule has 0 unspecified atom stereocenters. The molecular weight excluding hydrogens is 334 g/mol. The molecule has 0 saturated carbocycles. The highest BCUT2D eigenvalue weighted by molar-refractivity contribution is 7.89.